The average molecular weight is 495 g/mol. The van der Waals surface area contributed by atoms with Crippen LogP contribution < -0.4 is 4.90 Å². The molecule has 1 aromatic carbocycles. The van der Waals surface area contributed by atoms with Gasteiger partial charge in [0.05, 0.1) is 25.1 Å². The molecule has 1 aromatic heterocycles. The van der Waals surface area contributed by atoms with Crippen LogP contribution >= 0.6 is 0 Å². The number of aromatic nitrogens is 1. The summed E-state index contributed by atoms with van der Waals surface area (Å²) in [6.07, 6.45) is 1.39. The van der Waals surface area contributed by atoms with Gasteiger partial charge in [-0.1, -0.05) is 24.3 Å². The zero-order chi connectivity index (χ0) is 26.3. The number of carbonyl (C=O) groups excluding carboxylic acids is 3. The summed E-state index contributed by atoms with van der Waals surface area (Å²) in [5, 5.41) is 0. The van der Waals surface area contributed by atoms with Gasteiger partial charge in [0.1, 0.15) is 11.4 Å². The molecule has 192 valence electrons. The fourth-order valence-corrected chi connectivity index (χ4v) is 4.56. The SMILES string of the molecule is COC(=O)C(C)(C)c1ccc(-c2ccc(N3C[C@@H]4CN(C(=O)OC(C)(C)C)CCN4C3=O)nc2)cc1. The number of nitrogens with zero attached hydrogens (tertiary/aromatic N) is 4. The van der Waals surface area contributed by atoms with E-state index >= 15 is 0 Å². The molecule has 0 radical (unpaired) electrons. The molecule has 0 unspecified atom stereocenters. The Labute approximate surface area is 212 Å². The van der Waals surface area contributed by atoms with Gasteiger partial charge >= 0.3 is 18.1 Å². The Morgan fingerprint density at radius 2 is 1.61 bits per heavy atom. The van der Waals surface area contributed by atoms with Gasteiger partial charge < -0.3 is 19.3 Å². The molecular weight excluding hydrogens is 460 g/mol. The van der Waals surface area contributed by atoms with E-state index in [1.165, 1.54) is 7.11 Å². The van der Waals surface area contributed by atoms with Crippen LogP contribution in [0.5, 0.6) is 0 Å². The molecule has 2 aliphatic rings. The first-order chi connectivity index (χ1) is 16.9. The minimum absolute atomic E-state index is 0.0986. The Balaban J connectivity index is 1.44. The van der Waals surface area contributed by atoms with E-state index < -0.39 is 11.0 Å². The lowest BCUT2D eigenvalue weighted by Gasteiger charge is -2.36. The summed E-state index contributed by atoms with van der Waals surface area (Å²) in [5.74, 6) is 0.285. The maximum absolute atomic E-state index is 13.1. The fourth-order valence-electron chi connectivity index (χ4n) is 4.56. The number of anilines is 1. The number of urea groups is 1. The maximum Gasteiger partial charge on any atom is 0.410 e. The highest BCUT2D eigenvalue weighted by molar-refractivity contribution is 5.94. The molecule has 0 spiro atoms. The van der Waals surface area contributed by atoms with Gasteiger partial charge in [0.25, 0.3) is 0 Å². The van der Waals surface area contributed by atoms with Crippen LogP contribution in [0.1, 0.15) is 40.2 Å². The van der Waals surface area contributed by atoms with E-state index in [1.807, 2.05) is 71.0 Å². The second-order valence-electron chi connectivity index (χ2n) is 10.8. The zero-order valence-electron chi connectivity index (χ0n) is 21.8. The van der Waals surface area contributed by atoms with E-state index in [-0.39, 0.29) is 24.1 Å². The number of benzene rings is 1. The Bertz CT molecular complexity index is 1140. The van der Waals surface area contributed by atoms with E-state index in [2.05, 4.69) is 4.98 Å². The van der Waals surface area contributed by atoms with Gasteiger partial charge in [-0.15, -0.1) is 0 Å². The van der Waals surface area contributed by atoms with Gasteiger partial charge in [-0.2, -0.15) is 0 Å². The molecule has 3 heterocycles. The van der Waals surface area contributed by atoms with Crippen molar-refractivity contribution in [3.63, 3.8) is 0 Å². The molecule has 0 N–H and O–H groups in total. The number of amides is 3. The highest BCUT2D eigenvalue weighted by atomic mass is 16.6. The van der Waals surface area contributed by atoms with E-state index in [1.54, 1.807) is 20.9 Å². The number of esters is 1. The van der Waals surface area contributed by atoms with Crippen LogP contribution in [0, 0.1) is 0 Å². The van der Waals surface area contributed by atoms with Crippen LogP contribution in [0.2, 0.25) is 0 Å². The molecule has 0 aliphatic carbocycles. The van der Waals surface area contributed by atoms with Crippen LogP contribution in [0.3, 0.4) is 0 Å². The minimum Gasteiger partial charge on any atom is -0.468 e. The van der Waals surface area contributed by atoms with Crippen LogP contribution in [0.4, 0.5) is 15.4 Å². The number of pyridine rings is 1. The van der Waals surface area contributed by atoms with E-state index in [0.29, 0.717) is 32.0 Å². The number of rotatable bonds is 4. The third kappa shape index (κ3) is 5.01. The molecule has 36 heavy (non-hydrogen) atoms. The summed E-state index contributed by atoms with van der Waals surface area (Å²) in [7, 11) is 1.39. The van der Waals surface area contributed by atoms with Crippen molar-refractivity contribution in [3.05, 3.63) is 48.2 Å². The number of hydrogen-bond donors (Lipinski definition) is 0. The molecule has 2 fully saturated rings. The maximum atomic E-state index is 13.1. The van der Waals surface area contributed by atoms with Crippen LogP contribution in [-0.2, 0) is 19.7 Å². The molecule has 0 saturated carbocycles. The van der Waals surface area contributed by atoms with Gasteiger partial charge in [0.2, 0.25) is 0 Å². The van der Waals surface area contributed by atoms with Crippen molar-refractivity contribution < 1.29 is 23.9 Å². The summed E-state index contributed by atoms with van der Waals surface area (Å²) >= 11 is 0. The standard InChI is InChI=1S/C27H34N4O5/c1-26(2,3)36-25(34)29-13-14-30-21(16-29)17-31(24(30)33)22-12-9-19(15-28-22)18-7-10-20(11-8-18)27(4,5)23(32)35-6/h7-12,15,21H,13-14,16-17H2,1-6H3/t21-/m0/s1. The number of fused-ring (bicyclic) bond motifs is 1. The Kier molecular flexibility index (Phi) is 6.68. The van der Waals surface area contributed by atoms with Crippen molar-refractivity contribution in [1.29, 1.82) is 0 Å². The van der Waals surface area contributed by atoms with Gasteiger partial charge in [0.15, 0.2) is 0 Å². The lowest BCUT2D eigenvalue weighted by Crippen LogP contribution is -2.54. The number of ether oxygens (including phenoxy) is 2. The summed E-state index contributed by atoms with van der Waals surface area (Å²) in [6, 6.07) is 11.3. The average Bonchev–Trinajstić information content (AvgIpc) is 3.18. The predicted octanol–water partition coefficient (Wildman–Crippen LogP) is 4.06. The van der Waals surface area contributed by atoms with Gasteiger partial charge in [-0.05, 0) is 57.9 Å². The Morgan fingerprint density at radius 3 is 2.19 bits per heavy atom. The lowest BCUT2D eigenvalue weighted by atomic mass is 9.84. The van der Waals surface area contributed by atoms with Crippen LogP contribution in [0.25, 0.3) is 11.1 Å². The van der Waals surface area contributed by atoms with Crippen molar-refractivity contribution >= 4 is 23.9 Å². The quantitative estimate of drug-likeness (QED) is 0.595. The zero-order valence-corrected chi connectivity index (χ0v) is 21.8. The second-order valence-corrected chi connectivity index (χ2v) is 10.8. The van der Waals surface area contributed by atoms with Gasteiger partial charge in [0, 0.05) is 31.4 Å². The molecular formula is C27H34N4O5. The molecule has 3 amide bonds. The van der Waals surface area contributed by atoms with Crippen LogP contribution in [-0.4, -0.2) is 77.8 Å². The summed E-state index contributed by atoms with van der Waals surface area (Å²) < 4.78 is 10.4. The Morgan fingerprint density at radius 1 is 0.944 bits per heavy atom. The van der Waals surface area contributed by atoms with Crippen molar-refractivity contribution in [3.8, 4) is 11.1 Å². The highest BCUT2D eigenvalue weighted by Crippen LogP contribution is 2.30. The van der Waals surface area contributed by atoms with Crippen molar-refractivity contribution in [2.75, 3.05) is 38.2 Å². The normalized spacial score (nSPS) is 18.2. The van der Waals surface area contributed by atoms with Gasteiger partial charge in [-0.3, -0.25) is 9.69 Å². The highest BCUT2D eigenvalue weighted by Gasteiger charge is 2.43. The minimum atomic E-state index is -0.739. The van der Waals surface area contributed by atoms with E-state index in [0.717, 1.165) is 16.7 Å². The summed E-state index contributed by atoms with van der Waals surface area (Å²) in [4.78, 5) is 47.3. The summed E-state index contributed by atoms with van der Waals surface area (Å²) in [5.41, 5.74) is 1.42. The Hall–Kier alpha value is -3.62. The third-order valence-electron chi connectivity index (χ3n) is 6.66. The second kappa shape index (κ2) is 9.44. The van der Waals surface area contributed by atoms with Crippen molar-refractivity contribution in [1.82, 2.24) is 14.8 Å². The van der Waals surface area contributed by atoms with Crippen LogP contribution in [0.15, 0.2) is 42.6 Å². The fraction of sp³-hybridized carbons (Fsp3) is 0.481. The van der Waals surface area contributed by atoms with E-state index in [9.17, 15) is 14.4 Å². The first kappa shape index (κ1) is 25.5. The molecule has 4 rings (SSSR count). The third-order valence-corrected chi connectivity index (χ3v) is 6.66. The first-order valence-corrected chi connectivity index (χ1v) is 12.1. The number of piperazine rings is 1. The first-order valence-electron chi connectivity index (χ1n) is 12.1. The number of methoxy groups -OCH3 is 1. The van der Waals surface area contributed by atoms with Crippen molar-refractivity contribution in [2.24, 2.45) is 0 Å². The van der Waals surface area contributed by atoms with E-state index in [4.69, 9.17) is 9.47 Å². The van der Waals surface area contributed by atoms with Gasteiger partial charge in [-0.25, -0.2) is 14.6 Å². The number of carbonyl (C=O) groups is 3. The lowest BCUT2D eigenvalue weighted by molar-refractivity contribution is -0.146. The molecule has 9 nitrogen and oxygen atoms in total. The summed E-state index contributed by atoms with van der Waals surface area (Å²) in [6.45, 7) is 11.0. The van der Waals surface area contributed by atoms with Crippen molar-refractivity contribution in [2.45, 2.75) is 51.7 Å². The molecule has 2 saturated heterocycles. The molecule has 1 atom stereocenters. The topological polar surface area (TPSA) is 92.3 Å². The smallest absolute Gasteiger partial charge is 0.410 e. The molecule has 2 aromatic rings. The largest absolute Gasteiger partial charge is 0.468 e. The molecule has 0 bridgehead atoms. The monoisotopic (exact) mass is 494 g/mol. The predicted molar refractivity (Wildman–Crippen MR) is 136 cm³/mol. The molecule has 2 aliphatic heterocycles. The number of hydrogen-bond acceptors (Lipinski definition) is 6. The molecule has 9 heteroatoms.